The van der Waals surface area contributed by atoms with Gasteiger partial charge in [-0.05, 0) is 24.5 Å². The number of hydrogen-bond donors (Lipinski definition) is 2. The Morgan fingerprint density at radius 2 is 2.11 bits per heavy atom. The lowest BCUT2D eigenvalue weighted by molar-refractivity contribution is 0.0744. The fourth-order valence-corrected chi connectivity index (χ4v) is 3.96. The third kappa shape index (κ3) is 2.38. The first-order valence-electron chi connectivity index (χ1n) is 6.27. The molecule has 1 aliphatic carbocycles. The van der Waals surface area contributed by atoms with Crippen molar-refractivity contribution in [3.8, 4) is 0 Å². The molecule has 19 heavy (non-hydrogen) atoms. The molecule has 0 spiro atoms. The zero-order chi connectivity index (χ0) is 13.5. The van der Waals surface area contributed by atoms with E-state index in [1.54, 1.807) is 11.8 Å². The molecular weight excluding hydrogens is 301 g/mol. The van der Waals surface area contributed by atoms with E-state index >= 15 is 0 Å². The van der Waals surface area contributed by atoms with Crippen molar-refractivity contribution in [3.63, 3.8) is 0 Å². The Morgan fingerprint density at radius 3 is 2.68 bits per heavy atom. The van der Waals surface area contributed by atoms with Gasteiger partial charge in [-0.2, -0.15) is 0 Å². The standard InChI is InChI=1S/C14H15Cl2NOS/c15-11-4-2-1-3-10(11)7-14(18,13(16)5-6-13)12-8-17-9-19-12/h1-4,8,17-18H,5-7,9H2. The van der Waals surface area contributed by atoms with E-state index in [9.17, 15) is 5.11 Å². The van der Waals surface area contributed by atoms with Gasteiger partial charge < -0.3 is 10.4 Å². The van der Waals surface area contributed by atoms with Crippen LogP contribution in [0.15, 0.2) is 35.4 Å². The molecule has 0 radical (unpaired) electrons. The Kier molecular flexibility index (Phi) is 3.50. The van der Waals surface area contributed by atoms with E-state index in [4.69, 9.17) is 23.2 Å². The van der Waals surface area contributed by atoms with Crippen molar-refractivity contribution in [2.45, 2.75) is 29.7 Å². The molecule has 0 bridgehead atoms. The predicted molar refractivity (Wildman–Crippen MR) is 81.6 cm³/mol. The SMILES string of the molecule is OC(Cc1ccccc1Cl)(C1=CNCS1)C1(Cl)CC1. The minimum atomic E-state index is -1.03. The van der Waals surface area contributed by atoms with Crippen LogP contribution in [0.4, 0.5) is 0 Å². The number of rotatable bonds is 4. The van der Waals surface area contributed by atoms with Gasteiger partial charge in [0.1, 0.15) is 5.60 Å². The summed E-state index contributed by atoms with van der Waals surface area (Å²) in [5.41, 5.74) is -0.0970. The van der Waals surface area contributed by atoms with Crippen molar-refractivity contribution >= 4 is 35.0 Å². The summed E-state index contributed by atoms with van der Waals surface area (Å²) in [5.74, 6) is 0.785. The van der Waals surface area contributed by atoms with Gasteiger partial charge in [-0.25, -0.2) is 0 Å². The molecule has 0 aromatic heterocycles. The van der Waals surface area contributed by atoms with Crippen LogP contribution in [0.3, 0.4) is 0 Å². The van der Waals surface area contributed by atoms with Crippen LogP contribution in [-0.4, -0.2) is 21.5 Å². The van der Waals surface area contributed by atoms with Crippen molar-refractivity contribution in [1.29, 1.82) is 0 Å². The highest BCUT2D eigenvalue weighted by atomic mass is 35.5. The number of benzene rings is 1. The molecule has 2 N–H and O–H groups in total. The minimum absolute atomic E-state index is 0.455. The Labute approximate surface area is 127 Å². The highest BCUT2D eigenvalue weighted by Crippen LogP contribution is 2.57. The van der Waals surface area contributed by atoms with E-state index in [2.05, 4.69) is 5.32 Å². The summed E-state index contributed by atoms with van der Waals surface area (Å²) in [6, 6.07) is 7.62. The summed E-state index contributed by atoms with van der Waals surface area (Å²) >= 11 is 14.4. The summed E-state index contributed by atoms with van der Waals surface area (Å²) in [4.78, 5) is 0.372. The Hall–Kier alpha value is -0.350. The third-order valence-electron chi connectivity index (χ3n) is 3.79. The van der Waals surface area contributed by atoms with Gasteiger partial charge in [0, 0.05) is 22.5 Å². The lowest BCUT2D eigenvalue weighted by Gasteiger charge is -2.34. The van der Waals surface area contributed by atoms with E-state index in [0.29, 0.717) is 11.4 Å². The molecule has 1 aromatic carbocycles. The summed E-state index contributed by atoms with van der Waals surface area (Å²) in [6.45, 7) is 0. The largest absolute Gasteiger partial charge is 0.382 e. The van der Waals surface area contributed by atoms with Gasteiger partial charge in [0.05, 0.1) is 10.8 Å². The van der Waals surface area contributed by atoms with Gasteiger partial charge in [0.15, 0.2) is 0 Å². The summed E-state index contributed by atoms with van der Waals surface area (Å²) in [7, 11) is 0. The highest BCUT2D eigenvalue weighted by Gasteiger charge is 2.60. The van der Waals surface area contributed by atoms with Crippen molar-refractivity contribution in [2.24, 2.45) is 0 Å². The molecule has 1 aliphatic heterocycles. The lowest BCUT2D eigenvalue weighted by atomic mass is 9.88. The van der Waals surface area contributed by atoms with Crippen LogP contribution in [0.5, 0.6) is 0 Å². The number of nitrogens with one attached hydrogen (secondary N) is 1. The molecule has 102 valence electrons. The molecule has 1 saturated carbocycles. The van der Waals surface area contributed by atoms with Crippen LogP contribution in [0.1, 0.15) is 18.4 Å². The van der Waals surface area contributed by atoms with Crippen LogP contribution in [0.25, 0.3) is 0 Å². The van der Waals surface area contributed by atoms with Gasteiger partial charge >= 0.3 is 0 Å². The van der Waals surface area contributed by atoms with Crippen molar-refractivity contribution < 1.29 is 5.11 Å². The molecule has 5 heteroatoms. The Balaban J connectivity index is 1.95. The molecule has 1 fully saturated rings. The van der Waals surface area contributed by atoms with Crippen LogP contribution < -0.4 is 5.32 Å². The first-order valence-corrected chi connectivity index (χ1v) is 8.01. The van der Waals surface area contributed by atoms with Crippen LogP contribution in [-0.2, 0) is 6.42 Å². The predicted octanol–water partition coefficient (Wildman–Crippen LogP) is 3.52. The van der Waals surface area contributed by atoms with Crippen LogP contribution in [0.2, 0.25) is 5.02 Å². The number of hydrogen-bond acceptors (Lipinski definition) is 3. The fraction of sp³-hybridized carbons (Fsp3) is 0.429. The van der Waals surface area contributed by atoms with Gasteiger partial charge in [-0.15, -0.1) is 23.4 Å². The van der Waals surface area contributed by atoms with E-state index < -0.39 is 10.5 Å². The minimum Gasteiger partial charge on any atom is -0.382 e. The molecule has 2 nitrogen and oxygen atoms in total. The average molecular weight is 316 g/mol. The summed E-state index contributed by atoms with van der Waals surface area (Å²) < 4.78 is 0. The van der Waals surface area contributed by atoms with E-state index in [0.717, 1.165) is 29.2 Å². The maximum atomic E-state index is 11.2. The molecule has 3 rings (SSSR count). The lowest BCUT2D eigenvalue weighted by Crippen LogP contribution is -2.44. The number of thioether (sulfide) groups is 1. The van der Waals surface area contributed by atoms with Crippen molar-refractivity contribution in [2.75, 3.05) is 5.88 Å². The summed E-state index contributed by atoms with van der Waals surface area (Å²) in [5, 5.41) is 15.0. The number of aliphatic hydroxyl groups is 1. The summed E-state index contributed by atoms with van der Waals surface area (Å²) in [6.07, 6.45) is 4.02. The molecule has 1 aromatic rings. The first-order chi connectivity index (χ1) is 9.05. The number of halogens is 2. The van der Waals surface area contributed by atoms with Crippen LogP contribution in [0, 0.1) is 0 Å². The van der Waals surface area contributed by atoms with Crippen LogP contribution >= 0.6 is 35.0 Å². The zero-order valence-corrected chi connectivity index (χ0v) is 12.7. The van der Waals surface area contributed by atoms with Crippen molar-refractivity contribution in [3.05, 3.63) is 46.0 Å². The Morgan fingerprint density at radius 1 is 1.37 bits per heavy atom. The smallest absolute Gasteiger partial charge is 0.120 e. The molecule has 0 saturated heterocycles. The maximum Gasteiger partial charge on any atom is 0.120 e. The third-order valence-corrected chi connectivity index (χ3v) is 5.92. The highest BCUT2D eigenvalue weighted by molar-refractivity contribution is 8.03. The normalized spacial score (nSPS) is 23.4. The van der Waals surface area contributed by atoms with Crippen molar-refractivity contribution in [1.82, 2.24) is 5.32 Å². The quantitative estimate of drug-likeness (QED) is 0.834. The molecular formula is C14H15Cl2NOS. The molecule has 2 aliphatic rings. The molecule has 0 amide bonds. The van der Waals surface area contributed by atoms with E-state index in [1.807, 2.05) is 30.5 Å². The number of alkyl halides is 1. The molecule has 1 unspecified atom stereocenters. The zero-order valence-electron chi connectivity index (χ0n) is 10.3. The Bertz CT molecular complexity index is 530. The van der Waals surface area contributed by atoms with Gasteiger partial charge in [-0.1, -0.05) is 29.8 Å². The van der Waals surface area contributed by atoms with Gasteiger partial charge in [0.25, 0.3) is 0 Å². The maximum absolute atomic E-state index is 11.2. The second-order valence-corrected chi connectivity index (χ2v) is 7.24. The molecule has 1 atom stereocenters. The topological polar surface area (TPSA) is 32.3 Å². The van der Waals surface area contributed by atoms with Gasteiger partial charge in [0.2, 0.25) is 0 Å². The first kappa shape index (κ1) is 13.6. The monoisotopic (exact) mass is 315 g/mol. The van der Waals surface area contributed by atoms with E-state index in [1.165, 1.54) is 0 Å². The second-order valence-electron chi connectivity index (χ2n) is 5.10. The molecule has 1 heterocycles. The fourth-order valence-electron chi connectivity index (χ4n) is 2.44. The second kappa shape index (κ2) is 4.88. The van der Waals surface area contributed by atoms with E-state index in [-0.39, 0.29) is 0 Å². The van der Waals surface area contributed by atoms with Gasteiger partial charge in [-0.3, -0.25) is 0 Å². The average Bonchev–Trinajstić information content (AvgIpc) is 2.95.